The van der Waals surface area contributed by atoms with Gasteiger partial charge in [0.2, 0.25) is 0 Å². The molecular formula is C19H25N3O3. The monoisotopic (exact) mass is 343 g/mol. The van der Waals surface area contributed by atoms with E-state index in [-0.39, 0.29) is 18.1 Å². The normalized spacial score (nSPS) is 20.4. The molecule has 1 aliphatic rings. The van der Waals surface area contributed by atoms with Crippen LogP contribution in [0.25, 0.3) is 0 Å². The van der Waals surface area contributed by atoms with Crippen LogP contribution in [0.4, 0.5) is 0 Å². The van der Waals surface area contributed by atoms with E-state index >= 15 is 0 Å². The lowest BCUT2D eigenvalue weighted by molar-refractivity contribution is -0.0736. The zero-order valence-electron chi connectivity index (χ0n) is 14.5. The van der Waals surface area contributed by atoms with Gasteiger partial charge in [-0.15, -0.1) is 0 Å². The number of ether oxygens (including phenoxy) is 2. The van der Waals surface area contributed by atoms with Crippen LogP contribution in [0.3, 0.4) is 0 Å². The van der Waals surface area contributed by atoms with Crippen LogP contribution in [0.15, 0.2) is 36.4 Å². The van der Waals surface area contributed by atoms with E-state index in [1.807, 2.05) is 36.4 Å². The maximum atomic E-state index is 12.5. The van der Waals surface area contributed by atoms with Crippen LogP contribution in [0.5, 0.6) is 0 Å². The van der Waals surface area contributed by atoms with Crippen LogP contribution >= 0.6 is 0 Å². The van der Waals surface area contributed by atoms with Crippen molar-refractivity contribution in [1.82, 2.24) is 15.5 Å². The van der Waals surface area contributed by atoms with Crippen molar-refractivity contribution in [2.75, 3.05) is 13.2 Å². The maximum absolute atomic E-state index is 12.5. The van der Waals surface area contributed by atoms with Crippen molar-refractivity contribution in [2.24, 2.45) is 0 Å². The number of aryl methyl sites for hydroxylation is 1. The lowest BCUT2D eigenvalue weighted by atomic mass is 10.1. The fourth-order valence-electron chi connectivity index (χ4n) is 2.94. The van der Waals surface area contributed by atoms with Gasteiger partial charge in [0.25, 0.3) is 5.91 Å². The van der Waals surface area contributed by atoms with Crippen molar-refractivity contribution in [1.29, 1.82) is 0 Å². The second kappa shape index (κ2) is 8.78. The Bertz CT molecular complexity index is 672. The molecule has 1 aromatic carbocycles. The number of aromatic amines is 1. The van der Waals surface area contributed by atoms with Crippen molar-refractivity contribution in [3.8, 4) is 0 Å². The molecule has 3 rings (SSSR count). The van der Waals surface area contributed by atoms with Gasteiger partial charge >= 0.3 is 0 Å². The van der Waals surface area contributed by atoms with Crippen molar-refractivity contribution >= 4 is 5.91 Å². The lowest BCUT2D eigenvalue weighted by Crippen LogP contribution is -2.50. The molecule has 134 valence electrons. The first-order valence-electron chi connectivity index (χ1n) is 8.84. The minimum atomic E-state index is -0.168. The molecule has 0 bridgehead atoms. The molecule has 0 aliphatic carbocycles. The molecular weight excluding hydrogens is 318 g/mol. The highest BCUT2D eigenvalue weighted by atomic mass is 16.5. The van der Waals surface area contributed by atoms with Crippen LogP contribution in [-0.2, 0) is 22.5 Å². The van der Waals surface area contributed by atoms with E-state index in [1.54, 1.807) is 0 Å². The van der Waals surface area contributed by atoms with Gasteiger partial charge < -0.3 is 14.8 Å². The number of nitrogens with one attached hydrogen (secondary N) is 2. The summed E-state index contributed by atoms with van der Waals surface area (Å²) in [5, 5.41) is 10.1. The van der Waals surface area contributed by atoms with E-state index < -0.39 is 0 Å². The van der Waals surface area contributed by atoms with E-state index in [1.165, 1.54) is 0 Å². The van der Waals surface area contributed by atoms with Gasteiger partial charge in [-0.3, -0.25) is 9.89 Å². The predicted molar refractivity (Wildman–Crippen MR) is 94.3 cm³/mol. The third-order valence-corrected chi connectivity index (χ3v) is 4.31. The zero-order chi connectivity index (χ0) is 17.5. The topological polar surface area (TPSA) is 76.2 Å². The largest absolute Gasteiger partial charge is 0.379 e. The molecule has 0 radical (unpaired) electrons. The Hall–Kier alpha value is -2.18. The molecule has 6 nitrogen and oxygen atoms in total. The van der Waals surface area contributed by atoms with Gasteiger partial charge in [-0.2, -0.15) is 5.10 Å². The Labute approximate surface area is 147 Å². The van der Waals surface area contributed by atoms with Crippen molar-refractivity contribution in [3.05, 3.63) is 53.3 Å². The maximum Gasteiger partial charge on any atom is 0.272 e. The Morgan fingerprint density at radius 1 is 1.40 bits per heavy atom. The van der Waals surface area contributed by atoms with Gasteiger partial charge in [-0.05, 0) is 24.5 Å². The lowest BCUT2D eigenvalue weighted by Gasteiger charge is -2.32. The average molecular weight is 343 g/mol. The third-order valence-electron chi connectivity index (χ3n) is 4.31. The van der Waals surface area contributed by atoms with Gasteiger partial charge in [-0.25, -0.2) is 0 Å². The van der Waals surface area contributed by atoms with Crippen molar-refractivity contribution in [2.45, 2.75) is 44.9 Å². The summed E-state index contributed by atoms with van der Waals surface area (Å²) in [5.74, 6) is -0.168. The smallest absolute Gasteiger partial charge is 0.272 e. The Balaban J connectivity index is 1.57. The minimum Gasteiger partial charge on any atom is -0.379 e. The van der Waals surface area contributed by atoms with Crippen LogP contribution in [-0.4, -0.2) is 41.5 Å². The first-order valence-corrected chi connectivity index (χ1v) is 8.84. The second-order valence-electron chi connectivity index (χ2n) is 6.31. The van der Waals surface area contributed by atoms with E-state index in [4.69, 9.17) is 9.47 Å². The number of nitrogens with zero attached hydrogens (tertiary/aromatic N) is 1. The molecule has 0 spiro atoms. The minimum absolute atomic E-state index is 0.0729. The number of benzene rings is 1. The first-order chi connectivity index (χ1) is 12.3. The highest BCUT2D eigenvalue weighted by molar-refractivity contribution is 5.92. The van der Waals surface area contributed by atoms with Crippen LogP contribution < -0.4 is 5.32 Å². The number of amides is 1. The Kier molecular flexibility index (Phi) is 6.19. The molecule has 2 aromatic rings. The van der Waals surface area contributed by atoms with Gasteiger partial charge in [0, 0.05) is 12.3 Å². The van der Waals surface area contributed by atoms with Gasteiger partial charge in [-0.1, -0.05) is 43.7 Å². The second-order valence-corrected chi connectivity index (χ2v) is 6.31. The SMILES string of the molecule is CCCc1cc(C(=O)N[C@@H]2CCOC[C@H]2OCc2ccccc2)n[nH]1. The number of hydrogen-bond acceptors (Lipinski definition) is 4. The van der Waals surface area contributed by atoms with E-state index in [9.17, 15) is 4.79 Å². The van der Waals surface area contributed by atoms with E-state index in [0.29, 0.717) is 25.5 Å². The van der Waals surface area contributed by atoms with Crippen LogP contribution in [0.2, 0.25) is 0 Å². The number of aromatic nitrogens is 2. The summed E-state index contributed by atoms with van der Waals surface area (Å²) in [6.07, 6.45) is 2.48. The zero-order valence-corrected chi connectivity index (χ0v) is 14.5. The number of carbonyl (C=O) groups excluding carboxylic acids is 1. The standard InChI is InChI=1S/C19H25N3O3/c1-2-6-15-11-17(22-21-15)19(23)20-16-9-10-24-13-18(16)25-12-14-7-4-3-5-8-14/h3-5,7-8,11,16,18H,2,6,9-10,12-13H2,1H3,(H,20,23)(H,21,22)/t16-,18-/m1/s1. The summed E-state index contributed by atoms with van der Waals surface area (Å²) in [7, 11) is 0. The summed E-state index contributed by atoms with van der Waals surface area (Å²) in [4.78, 5) is 12.5. The van der Waals surface area contributed by atoms with Gasteiger partial charge in [0.15, 0.2) is 0 Å². The molecule has 1 amide bonds. The molecule has 2 heterocycles. The highest BCUT2D eigenvalue weighted by Crippen LogP contribution is 2.15. The number of rotatable bonds is 7. The fourth-order valence-corrected chi connectivity index (χ4v) is 2.94. The number of H-pyrrole nitrogens is 1. The average Bonchev–Trinajstić information content (AvgIpc) is 3.11. The fraction of sp³-hybridized carbons (Fsp3) is 0.474. The first kappa shape index (κ1) is 17.6. The molecule has 0 unspecified atom stereocenters. The number of carbonyl (C=O) groups is 1. The summed E-state index contributed by atoms with van der Waals surface area (Å²) in [6, 6.07) is 11.7. The van der Waals surface area contributed by atoms with Gasteiger partial charge in [0.1, 0.15) is 11.8 Å². The molecule has 1 aromatic heterocycles. The molecule has 1 fully saturated rings. The summed E-state index contributed by atoms with van der Waals surface area (Å²) >= 11 is 0. The Morgan fingerprint density at radius 3 is 3.04 bits per heavy atom. The summed E-state index contributed by atoms with van der Waals surface area (Å²) in [6.45, 7) is 3.71. The molecule has 1 saturated heterocycles. The van der Waals surface area contributed by atoms with Gasteiger partial charge in [0.05, 0.1) is 19.3 Å². The van der Waals surface area contributed by atoms with Crippen LogP contribution in [0, 0.1) is 0 Å². The van der Waals surface area contributed by atoms with Crippen molar-refractivity contribution in [3.63, 3.8) is 0 Å². The predicted octanol–water partition coefficient (Wildman–Crippen LogP) is 2.47. The Morgan fingerprint density at radius 2 is 2.24 bits per heavy atom. The van der Waals surface area contributed by atoms with E-state index in [2.05, 4.69) is 22.4 Å². The third kappa shape index (κ3) is 4.90. The van der Waals surface area contributed by atoms with Crippen molar-refractivity contribution < 1.29 is 14.3 Å². The molecule has 0 saturated carbocycles. The van der Waals surface area contributed by atoms with E-state index in [0.717, 1.165) is 30.5 Å². The summed E-state index contributed by atoms with van der Waals surface area (Å²) < 4.78 is 11.5. The molecule has 6 heteroatoms. The van der Waals surface area contributed by atoms with Crippen LogP contribution in [0.1, 0.15) is 41.5 Å². The molecule has 2 atom stereocenters. The molecule has 25 heavy (non-hydrogen) atoms. The molecule has 1 aliphatic heterocycles. The number of hydrogen-bond donors (Lipinski definition) is 2. The molecule has 2 N–H and O–H groups in total. The summed E-state index contributed by atoms with van der Waals surface area (Å²) in [5.41, 5.74) is 2.52. The highest BCUT2D eigenvalue weighted by Gasteiger charge is 2.28. The quantitative estimate of drug-likeness (QED) is 0.810.